The highest BCUT2D eigenvalue weighted by atomic mass is 16.3. The topological polar surface area (TPSA) is 32.3 Å². The fourth-order valence-electron chi connectivity index (χ4n) is 1.78. The standard InChI is InChI=1S/C15H25NO/c1-4-8-13-9-6-7-10-14(13)16-11-15(3,5-2)12-17/h6-7,9-10,16-17H,4-5,8,11-12H2,1-3H3. The van der Waals surface area contributed by atoms with Gasteiger partial charge < -0.3 is 10.4 Å². The van der Waals surface area contributed by atoms with Crippen LogP contribution in [0.5, 0.6) is 0 Å². The third kappa shape index (κ3) is 4.04. The van der Waals surface area contributed by atoms with Gasteiger partial charge in [-0.1, -0.05) is 45.4 Å². The molecule has 0 aliphatic rings. The first-order valence-electron chi connectivity index (χ1n) is 6.58. The van der Waals surface area contributed by atoms with Gasteiger partial charge in [-0.05, 0) is 24.5 Å². The van der Waals surface area contributed by atoms with E-state index in [0.29, 0.717) is 0 Å². The molecule has 0 bridgehead atoms. The number of anilines is 1. The molecule has 0 aliphatic carbocycles. The summed E-state index contributed by atoms with van der Waals surface area (Å²) in [6.45, 7) is 7.48. The molecule has 0 saturated carbocycles. The summed E-state index contributed by atoms with van der Waals surface area (Å²) in [7, 11) is 0. The molecule has 1 aromatic rings. The van der Waals surface area contributed by atoms with Crippen molar-refractivity contribution in [3.63, 3.8) is 0 Å². The van der Waals surface area contributed by atoms with E-state index in [9.17, 15) is 5.11 Å². The van der Waals surface area contributed by atoms with Crippen LogP contribution in [0.15, 0.2) is 24.3 Å². The summed E-state index contributed by atoms with van der Waals surface area (Å²) in [6.07, 6.45) is 3.24. The van der Waals surface area contributed by atoms with Gasteiger partial charge in [0.25, 0.3) is 0 Å². The first-order valence-corrected chi connectivity index (χ1v) is 6.58. The van der Waals surface area contributed by atoms with Crippen molar-refractivity contribution in [3.8, 4) is 0 Å². The average Bonchev–Trinajstić information content (AvgIpc) is 2.38. The Morgan fingerprint density at radius 1 is 1.24 bits per heavy atom. The van der Waals surface area contributed by atoms with E-state index in [-0.39, 0.29) is 12.0 Å². The zero-order chi connectivity index (χ0) is 12.7. The van der Waals surface area contributed by atoms with Crippen LogP contribution < -0.4 is 5.32 Å². The van der Waals surface area contributed by atoms with Crippen molar-refractivity contribution < 1.29 is 5.11 Å². The Balaban J connectivity index is 2.68. The van der Waals surface area contributed by atoms with Crippen molar-refractivity contribution in [3.05, 3.63) is 29.8 Å². The van der Waals surface area contributed by atoms with Gasteiger partial charge in [0.15, 0.2) is 0 Å². The van der Waals surface area contributed by atoms with Crippen molar-refractivity contribution >= 4 is 5.69 Å². The summed E-state index contributed by atoms with van der Waals surface area (Å²) in [4.78, 5) is 0. The van der Waals surface area contributed by atoms with E-state index in [2.05, 4.69) is 50.4 Å². The minimum absolute atomic E-state index is 0.0284. The Hall–Kier alpha value is -1.02. The zero-order valence-electron chi connectivity index (χ0n) is 11.3. The second-order valence-electron chi connectivity index (χ2n) is 5.08. The third-order valence-corrected chi connectivity index (χ3v) is 3.48. The van der Waals surface area contributed by atoms with E-state index >= 15 is 0 Å². The van der Waals surface area contributed by atoms with Crippen molar-refractivity contribution in [2.45, 2.75) is 40.0 Å². The number of nitrogens with one attached hydrogen (secondary N) is 1. The molecular formula is C15H25NO. The predicted octanol–water partition coefficient (Wildman–Crippen LogP) is 3.46. The molecule has 0 fully saturated rings. The molecular weight excluding hydrogens is 210 g/mol. The molecule has 0 spiro atoms. The lowest BCUT2D eigenvalue weighted by Gasteiger charge is -2.27. The maximum atomic E-state index is 9.40. The van der Waals surface area contributed by atoms with Crippen LogP contribution in [0.1, 0.15) is 39.2 Å². The summed E-state index contributed by atoms with van der Waals surface area (Å²) >= 11 is 0. The Bertz CT molecular complexity index is 331. The van der Waals surface area contributed by atoms with Gasteiger partial charge in [-0.15, -0.1) is 0 Å². The van der Waals surface area contributed by atoms with Crippen LogP contribution in [-0.4, -0.2) is 18.3 Å². The fourth-order valence-corrected chi connectivity index (χ4v) is 1.78. The molecule has 1 aromatic carbocycles. The molecule has 1 unspecified atom stereocenters. The molecule has 1 rings (SSSR count). The average molecular weight is 235 g/mol. The minimum atomic E-state index is -0.0284. The van der Waals surface area contributed by atoms with Crippen LogP contribution in [-0.2, 0) is 6.42 Å². The Morgan fingerprint density at radius 3 is 2.53 bits per heavy atom. The number of aryl methyl sites for hydroxylation is 1. The van der Waals surface area contributed by atoms with Crippen molar-refractivity contribution in [1.82, 2.24) is 0 Å². The Morgan fingerprint density at radius 2 is 1.94 bits per heavy atom. The number of benzene rings is 1. The van der Waals surface area contributed by atoms with Crippen molar-refractivity contribution in [2.24, 2.45) is 5.41 Å². The smallest absolute Gasteiger partial charge is 0.0501 e. The second-order valence-corrected chi connectivity index (χ2v) is 5.08. The minimum Gasteiger partial charge on any atom is -0.396 e. The summed E-state index contributed by atoms with van der Waals surface area (Å²) in [5.74, 6) is 0. The Labute approximate surface area is 105 Å². The summed E-state index contributed by atoms with van der Waals surface area (Å²) in [6, 6.07) is 8.44. The number of aliphatic hydroxyl groups excluding tert-OH is 1. The quantitative estimate of drug-likeness (QED) is 0.758. The van der Waals surface area contributed by atoms with Crippen LogP contribution in [0.25, 0.3) is 0 Å². The Kier molecular flexibility index (Phi) is 5.49. The first-order chi connectivity index (χ1) is 8.15. The van der Waals surface area contributed by atoms with Gasteiger partial charge in [-0.3, -0.25) is 0 Å². The number of hydrogen-bond acceptors (Lipinski definition) is 2. The molecule has 2 N–H and O–H groups in total. The summed E-state index contributed by atoms with van der Waals surface area (Å²) in [5.41, 5.74) is 2.55. The molecule has 17 heavy (non-hydrogen) atoms. The predicted molar refractivity (Wildman–Crippen MR) is 74.4 cm³/mol. The van der Waals surface area contributed by atoms with Crippen molar-refractivity contribution in [2.75, 3.05) is 18.5 Å². The molecule has 0 radical (unpaired) electrons. The normalized spacial score (nSPS) is 14.4. The number of aliphatic hydroxyl groups is 1. The molecule has 0 aromatic heterocycles. The highest BCUT2D eigenvalue weighted by Crippen LogP contribution is 2.23. The molecule has 0 heterocycles. The molecule has 0 amide bonds. The van der Waals surface area contributed by atoms with Gasteiger partial charge in [0.2, 0.25) is 0 Å². The lowest BCUT2D eigenvalue weighted by Crippen LogP contribution is -2.29. The van der Waals surface area contributed by atoms with Crippen LogP contribution in [0.4, 0.5) is 5.69 Å². The molecule has 2 nitrogen and oxygen atoms in total. The molecule has 0 aliphatic heterocycles. The number of hydrogen-bond donors (Lipinski definition) is 2. The van der Waals surface area contributed by atoms with Crippen LogP contribution in [0, 0.1) is 5.41 Å². The van der Waals surface area contributed by atoms with E-state index in [1.807, 2.05) is 0 Å². The fraction of sp³-hybridized carbons (Fsp3) is 0.600. The molecule has 96 valence electrons. The maximum Gasteiger partial charge on any atom is 0.0501 e. The highest BCUT2D eigenvalue weighted by Gasteiger charge is 2.20. The molecule has 0 saturated heterocycles. The van der Waals surface area contributed by atoms with Gasteiger partial charge >= 0.3 is 0 Å². The monoisotopic (exact) mass is 235 g/mol. The third-order valence-electron chi connectivity index (χ3n) is 3.48. The lowest BCUT2D eigenvalue weighted by molar-refractivity contribution is 0.149. The highest BCUT2D eigenvalue weighted by molar-refractivity contribution is 5.51. The van der Waals surface area contributed by atoms with Gasteiger partial charge in [-0.25, -0.2) is 0 Å². The van der Waals surface area contributed by atoms with E-state index in [0.717, 1.165) is 25.8 Å². The van der Waals surface area contributed by atoms with Gasteiger partial charge in [0.1, 0.15) is 0 Å². The van der Waals surface area contributed by atoms with Crippen LogP contribution >= 0.6 is 0 Å². The summed E-state index contributed by atoms with van der Waals surface area (Å²) < 4.78 is 0. The zero-order valence-corrected chi connectivity index (χ0v) is 11.3. The SMILES string of the molecule is CCCc1ccccc1NCC(C)(CC)CO. The molecule has 1 atom stereocenters. The van der Waals surface area contributed by atoms with E-state index in [4.69, 9.17) is 0 Å². The van der Waals surface area contributed by atoms with Gasteiger partial charge in [0.05, 0.1) is 6.61 Å². The largest absolute Gasteiger partial charge is 0.396 e. The number of rotatable bonds is 7. The van der Waals surface area contributed by atoms with Gasteiger partial charge in [-0.2, -0.15) is 0 Å². The second kappa shape index (κ2) is 6.65. The van der Waals surface area contributed by atoms with E-state index in [1.165, 1.54) is 11.3 Å². The van der Waals surface area contributed by atoms with Gasteiger partial charge in [0, 0.05) is 17.6 Å². The van der Waals surface area contributed by atoms with Crippen molar-refractivity contribution in [1.29, 1.82) is 0 Å². The van der Waals surface area contributed by atoms with Crippen LogP contribution in [0.3, 0.4) is 0 Å². The van der Waals surface area contributed by atoms with E-state index in [1.54, 1.807) is 0 Å². The van der Waals surface area contributed by atoms with Crippen LogP contribution in [0.2, 0.25) is 0 Å². The number of para-hydroxylation sites is 1. The summed E-state index contributed by atoms with van der Waals surface area (Å²) in [5, 5.41) is 12.9. The van der Waals surface area contributed by atoms with E-state index < -0.39 is 0 Å². The molecule has 2 heteroatoms. The lowest BCUT2D eigenvalue weighted by atomic mass is 9.88. The maximum absolute atomic E-state index is 9.40. The first kappa shape index (κ1) is 14.0.